The highest BCUT2D eigenvalue weighted by Crippen LogP contribution is 2.17. The fourth-order valence-electron chi connectivity index (χ4n) is 0.823. The largest absolute Gasteiger partial charge is 0.387 e. The predicted molar refractivity (Wildman–Crippen MR) is 53.4 cm³/mol. The van der Waals surface area contributed by atoms with E-state index in [4.69, 9.17) is 0 Å². The fourth-order valence-corrected chi connectivity index (χ4v) is 1.76. The second-order valence-corrected chi connectivity index (χ2v) is 3.40. The predicted octanol–water partition coefficient (Wildman–Crippen LogP) is 2.64. The van der Waals surface area contributed by atoms with E-state index in [1.807, 2.05) is 7.05 Å². The van der Waals surface area contributed by atoms with Crippen molar-refractivity contribution in [3.05, 3.63) is 27.3 Å². The molecule has 0 aliphatic rings. The summed E-state index contributed by atoms with van der Waals surface area (Å²) in [6.45, 7) is 2.10. The maximum absolute atomic E-state index is 3.11. The molecule has 0 saturated carbocycles. The molecule has 0 aliphatic heterocycles. The van der Waals surface area contributed by atoms with Crippen LogP contribution in [0, 0.1) is 10.5 Å². The minimum atomic E-state index is 1.20. The van der Waals surface area contributed by atoms with E-state index in [1.54, 1.807) is 0 Å². The third-order valence-corrected chi connectivity index (χ3v) is 2.29. The van der Waals surface area contributed by atoms with Crippen LogP contribution in [0.15, 0.2) is 18.2 Å². The first-order chi connectivity index (χ1) is 4.74. The van der Waals surface area contributed by atoms with Crippen LogP contribution in [0.25, 0.3) is 0 Å². The second-order valence-electron chi connectivity index (χ2n) is 2.23. The van der Waals surface area contributed by atoms with Crippen LogP contribution < -0.4 is 5.32 Å². The number of hydrogen-bond donors (Lipinski definition) is 1. The van der Waals surface area contributed by atoms with Crippen molar-refractivity contribution in [3.8, 4) is 0 Å². The van der Waals surface area contributed by atoms with Crippen molar-refractivity contribution in [2.45, 2.75) is 6.92 Å². The van der Waals surface area contributed by atoms with Crippen molar-refractivity contribution in [2.75, 3.05) is 12.4 Å². The van der Waals surface area contributed by atoms with Crippen molar-refractivity contribution in [1.82, 2.24) is 0 Å². The third-order valence-electron chi connectivity index (χ3n) is 1.39. The van der Waals surface area contributed by atoms with Crippen LogP contribution >= 0.6 is 22.6 Å². The first-order valence-electron chi connectivity index (χ1n) is 3.18. The molecule has 0 amide bonds. The van der Waals surface area contributed by atoms with Gasteiger partial charge in [-0.15, -0.1) is 0 Å². The van der Waals surface area contributed by atoms with E-state index in [0.717, 1.165) is 0 Å². The molecule has 0 spiro atoms. The molecule has 1 rings (SSSR count). The van der Waals surface area contributed by atoms with E-state index in [2.05, 4.69) is 53.0 Å². The van der Waals surface area contributed by atoms with Crippen molar-refractivity contribution in [1.29, 1.82) is 0 Å². The lowest BCUT2D eigenvalue weighted by molar-refractivity contribution is 1.41. The molecule has 1 aromatic rings. The number of aryl methyl sites for hydroxylation is 1. The molecule has 0 radical (unpaired) electrons. The third kappa shape index (κ3) is 1.62. The van der Waals surface area contributed by atoms with E-state index < -0.39 is 0 Å². The molecule has 0 atom stereocenters. The average molecular weight is 247 g/mol. The topological polar surface area (TPSA) is 12.0 Å². The van der Waals surface area contributed by atoms with Gasteiger partial charge >= 0.3 is 0 Å². The van der Waals surface area contributed by atoms with Crippen LogP contribution in [0.3, 0.4) is 0 Å². The molecular weight excluding hydrogens is 237 g/mol. The summed E-state index contributed by atoms with van der Waals surface area (Å²) in [6, 6.07) is 6.36. The molecule has 10 heavy (non-hydrogen) atoms. The van der Waals surface area contributed by atoms with Gasteiger partial charge in [0.2, 0.25) is 0 Å². The van der Waals surface area contributed by atoms with Crippen molar-refractivity contribution < 1.29 is 0 Å². The summed E-state index contributed by atoms with van der Waals surface area (Å²) in [4.78, 5) is 0. The van der Waals surface area contributed by atoms with Crippen molar-refractivity contribution in [2.24, 2.45) is 0 Å². The maximum atomic E-state index is 3.11. The quantitative estimate of drug-likeness (QED) is 0.752. The molecule has 2 heteroatoms. The number of nitrogens with one attached hydrogen (secondary N) is 1. The second kappa shape index (κ2) is 3.23. The zero-order valence-corrected chi connectivity index (χ0v) is 8.27. The highest BCUT2D eigenvalue weighted by molar-refractivity contribution is 14.1. The highest BCUT2D eigenvalue weighted by atomic mass is 127. The number of anilines is 1. The van der Waals surface area contributed by atoms with Gasteiger partial charge in [-0.3, -0.25) is 0 Å². The van der Waals surface area contributed by atoms with Gasteiger partial charge in [-0.25, -0.2) is 0 Å². The number of halogens is 1. The van der Waals surface area contributed by atoms with E-state index in [-0.39, 0.29) is 0 Å². The zero-order chi connectivity index (χ0) is 7.56. The number of hydrogen-bond acceptors (Lipinski definition) is 1. The van der Waals surface area contributed by atoms with Gasteiger partial charge in [-0.05, 0) is 47.2 Å². The lowest BCUT2D eigenvalue weighted by Gasteiger charge is -2.02. The minimum absolute atomic E-state index is 1.20. The van der Waals surface area contributed by atoms with E-state index >= 15 is 0 Å². The van der Waals surface area contributed by atoms with Gasteiger partial charge in [0.05, 0.1) is 0 Å². The molecule has 1 nitrogen and oxygen atoms in total. The van der Waals surface area contributed by atoms with Gasteiger partial charge in [0, 0.05) is 16.3 Å². The SMILES string of the molecule is CNc1ccc(C)cc1I. The normalized spacial score (nSPS) is 9.50. The first-order valence-corrected chi connectivity index (χ1v) is 4.26. The lowest BCUT2D eigenvalue weighted by atomic mass is 10.2. The molecule has 0 aromatic heterocycles. The van der Waals surface area contributed by atoms with Gasteiger partial charge in [0.25, 0.3) is 0 Å². The molecule has 1 aromatic carbocycles. The molecule has 54 valence electrons. The molecule has 1 N–H and O–H groups in total. The molecule has 0 fully saturated rings. The summed E-state index contributed by atoms with van der Waals surface area (Å²) >= 11 is 2.32. The maximum Gasteiger partial charge on any atom is 0.0473 e. The molecule has 0 aliphatic carbocycles. The summed E-state index contributed by atoms with van der Waals surface area (Å²) < 4.78 is 1.28. The summed E-state index contributed by atoms with van der Waals surface area (Å²) in [7, 11) is 1.94. The van der Waals surface area contributed by atoms with Crippen LogP contribution in [0.5, 0.6) is 0 Å². The lowest BCUT2D eigenvalue weighted by Crippen LogP contribution is -1.90. The summed E-state index contributed by atoms with van der Waals surface area (Å²) in [6.07, 6.45) is 0. The summed E-state index contributed by atoms with van der Waals surface area (Å²) in [5, 5.41) is 3.11. The Labute approximate surface area is 75.0 Å². The number of benzene rings is 1. The van der Waals surface area contributed by atoms with E-state index in [0.29, 0.717) is 0 Å². The monoisotopic (exact) mass is 247 g/mol. The van der Waals surface area contributed by atoms with Gasteiger partial charge < -0.3 is 5.32 Å². The highest BCUT2D eigenvalue weighted by Gasteiger charge is 1.94. The molecule has 0 heterocycles. The van der Waals surface area contributed by atoms with Gasteiger partial charge in [-0.1, -0.05) is 6.07 Å². The number of rotatable bonds is 1. The molecule has 0 unspecified atom stereocenters. The van der Waals surface area contributed by atoms with Gasteiger partial charge in [-0.2, -0.15) is 0 Å². The molecular formula is C8H10IN. The Bertz CT molecular complexity index is 233. The van der Waals surface area contributed by atoms with Crippen LogP contribution in [-0.4, -0.2) is 7.05 Å². The first kappa shape index (κ1) is 7.85. The van der Waals surface area contributed by atoms with Crippen LogP contribution in [0.1, 0.15) is 5.56 Å². The Morgan fingerprint density at radius 1 is 1.40 bits per heavy atom. The van der Waals surface area contributed by atoms with Crippen molar-refractivity contribution in [3.63, 3.8) is 0 Å². The molecule has 0 bridgehead atoms. The van der Waals surface area contributed by atoms with Crippen molar-refractivity contribution >= 4 is 28.3 Å². The summed E-state index contributed by atoms with van der Waals surface area (Å²) in [5.41, 5.74) is 2.51. The van der Waals surface area contributed by atoms with Gasteiger partial charge in [0.1, 0.15) is 0 Å². The Balaban J connectivity index is 3.07. The smallest absolute Gasteiger partial charge is 0.0473 e. The zero-order valence-electron chi connectivity index (χ0n) is 6.11. The van der Waals surface area contributed by atoms with E-state index in [1.165, 1.54) is 14.8 Å². The average Bonchev–Trinajstić information content (AvgIpc) is 1.88. The Hall–Kier alpha value is -0.250. The van der Waals surface area contributed by atoms with E-state index in [9.17, 15) is 0 Å². The van der Waals surface area contributed by atoms with Gasteiger partial charge in [0.15, 0.2) is 0 Å². The Morgan fingerprint density at radius 2 is 2.10 bits per heavy atom. The van der Waals surface area contributed by atoms with Crippen LogP contribution in [-0.2, 0) is 0 Å². The Kier molecular flexibility index (Phi) is 2.54. The minimum Gasteiger partial charge on any atom is -0.387 e. The Morgan fingerprint density at radius 3 is 2.60 bits per heavy atom. The van der Waals surface area contributed by atoms with Crippen LogP contribution in [0.4, 0.5) is 5.69 Å². The van der Waals surface area contributed by atoms with Crippen LogP contribution in [0.2, 0.25) is 0 Å². The molecule has 0 saturated heterocycles. The fraction of sp³-hybridized carbons (Fsp3) is 0.250. The standard InChI is InChI=1S/C8H10IN/c1-6-3-4-8(10-2)7(9)5-6/h3-5,10H,1-2H3. The summed E-state index contributed by atoms with van der Waals surface area (Å²) in [5.74, 6) is 0.